The third-order valence-corrected chi connectivity index (χ3v) is 3.60. The van der Waals surface area contributed by atoms with E-state index in [9.17, 15) is 0 Å². The second-order valence-electron chi connectivity index (χ2n) is 3.66. The van der Waals surface area contributed by atoms with E-state index >= 15 is 0 Å². The Kier molecular flexibility index (Phi) is 5.05. The Labute approximate surface area is 96.5 Å². The molecular weight excluding hydrogens is 206 g/mol. The van der Waals surface area contributed by atoms with Crippen molar-refractivity contribution < 1.29 is 0 Å². The van der Waals surface area contributed by atoms with Gasteiger partial charge in [0.1, 0.15) is 0 Å². The first-order chi connectivity index (χ1) is 7.22. The van der Waals surface area contributed by atoms with Crippen LogP contribution >= 0.6 is 11.3 Å². The molecule has 86 valence electrons. The van der Waals surface area contributed by atoms with Crippen LogP contribution in [0.3, 0.4) is 0 Å². The molecule has 15 heavy (non-hydrogen) atoms. The molecule has 0 fully saturated rings. The summed E-state index contributed by atoms with van der Waals surface area (Å²) in [5.41, 5.74) is 1.27. The highest BCUT2D eigenvalue weighted by atomic mass is 32.1. The van der Waals surface area contributed by atoms with E-state index in [4.69, 9.17) is 4.98 Å². The minimum Gasteiger partial charge on any atom is -0.351 e. The van der Waals surface area contributed by atoms with Gasteiger partial charge in [-0.05, 0) is 20.4 Å². The van der Waals surface area contributed by atoms with Crippen LogP contribution in [0.15, 0.2) is 0 Å². The summed E-state index contributed by atoms with van der Waals surface area (Å²) in [5.74, 6) is 0. The van der Waals surface area contributed by atoms with E-state index in [2.05, 4.69) is 31.1 Å². The lowest BCUT2D eigenvalue weighted by Gasteiger charge is -2.11. The van der Waals surface area contributed by atoms with Crippen molar-refractivity contribution in [3.63, 3.8) is 0 Å². The number of thiazole rings is 1. The molecule has 1 aromatic rings. The number of nitrogens with one attached hydrogen (secondary N) is 1. The van der Waals surface area contributed by atoms with E-state index in [0.29, 0.717) is 0 Å². The summed E-state index contributed by atoms with van der Waals surface area (Å²) >= 11 is 1.81. The van der Waals surface area contributed by atoms with Gasteiger partial charge in [0, 0.05) is 25.0 Å². The standard InChI is InChI=1S/C11H21N3S/c1-5-7-9-10(8-12-3)15-11(13-9)14(4)6-2/h12H,5-8H2,1-4H3. The molecule has 0 aliphatic rings. The van der Waals surface area contributed by atoms with Crippen LogP contribution in [0.5, 0.6) is 0 Å². The molecule has 0 saturated heterocycles. The molecule has 0 amide bonds. The highest BCUT2D eigenvalue weighted by Gasteiger charge is 2.11. The second kappa shape index (κ2) is 6.08. The van der Waals surface area contributed by atoms with Crippen molar-refractivity contribution in [2.24, 2.45) is 0 Å². The zero-order valence-electron chi connectivity index (χ0n) is 10.1. The third-order valence-electron chi connectivity index (χ3n) is 2.39. The molecule has 1 rings (SSSR count). The van der Waals surface area contributed by atoms with Gasteiger partial charge in [-0.15, -0.1) is 11.3 Å². The molecule has 0 aliphatic carbocycles. The normalized spacial score (nSPS) is 10.7. The summed E-state index contributed by atoms with van der Waals surface area (Å²) in [6.07, 6.45) is 2.25. The van der Waals surface area contributed by atoms with Gasteiger partial charge in [0.15, 0.2) is 5.13 Å². The van der Waals surface area contributed by atoms with Crippen LogP contribution in [0.1, 0.15) is 30.8 Å². The van der Waals surface area contributed by atoms with Crippen molar-refractivity contribution in [1.29, 1.82) is 0 Å². The molecule has 0 spiro atoms. The van der Waals surface area contributed by atoms with Gasteiger partial charge in [0.2, 0.25) is 0 Å². The van der Waals surface area contributed by atoms with Gasteiger partial charge in [0.05, 0.1) is 5.69 Å². The maximum atomic E-state index is 4.69. The molecule has 0 saturated carbocycles. The van der Waals surface area contributed by atoms with Crippen molar-refractivity contribution in [2.75, 3.05) is 25.5 Å². The fraction of sp³-hybridized carbons (Fsp3) is 0.727. The molecule has 1 N–H and O–H groups in total. The van der Waals surface area contributed by atoms with Gasteiger partial charge in [0.25, 0.3) is 0 Å². The summed E-state index contributed by atoms with van der Waals surface area (Å²) in [7, 11) is 4.08. The quantitative estimate of drug-likeness (QED) is 0.808. The van der Waals surface area contributed by atoms with Crippen molar-refractivity contribution in [1.82, 2.24) is 10.3 Å². The molecule has 1 aromatic heterocycles. The van der Waals surface area contributed by atoms with Gasteiger partial charge in [-0.3, -0.25) is 0 Å². The third kappa shape index (κ3) is 3.18. The highest BCUT2D eigenvalue weighted by molar-refractivity contribution is 7.15. The molecule has 0 aromatic carbocycles. The molecular formula is C11H21N3S. The summed E-state index contributed by atoms with van der Waals surface area (Å²) < 4.78 is 0. The van der Waals surface area contributed by atoms with E-state index in [1.807, 2.05) is 18.4 Å². The molecule has 0 unspecified atom stereocenters. The van der Waals surface area contributed by atoms with Gasteiger partial charge >= 0.3 is 0 Å². The monoisotopic (exact) mass is 227 g/mol. The number of aromatic nitrogens is 1. The van der Waals surface area contributed by atoms with Gasteiger partial charge in [-0.25, -0.2) is 4.98 Å². The smallest absolute Gasteiger partial charge is 0.185 e. The lowest BCUT2D eigenvalue weighted by atomic mass is 10.2. The van der Waals surface area contributed by atoms with Crippen LogP contribution in [-0.4, -0.2) is 25.6 Å². The van der Waals surface area contributed by atoms with Crippen molar-refractivity contribution >= 4 is 16.5 Å². The van der Waals surface area contributed by atoms with Crippen LogP contribution in [0.2, 0.25) is 0 Å². The van der Waals surface area contributed by atoms with Crippen LogP contribution < -0.4 is 10.2 Å². The minimum atomic E-state index is 0.935. The molecule has 0 radical (unpaired) electrons. The Bertz CT molecular complexity index is 273. The predicted molar refractivity (Wildman–Crippen MR) is 67.8 cm³/mol. The first-order valence-electron chi connectivity index (χ1n) is 5.57. The average Bonchev–Trinajstić information content (AvgIpc) is 2.62. The number of hydrogen-bond donors (Lipinski definition) is 1. The lowest BCUT2D eigenvalue weighted by Crippen LogP contribution is -2.15. The Morgan fingerprint density at radius 3 is 2.67 bits per heavy atom. The molecule has 4 heteroatoms. The molecule has 1 heterocycles. The first-order valence-corrected chi connectivity index (χ1v) is 6.38. The fourth-order valence-corrected chi connectivity index (χ4v) is 2.54. The van der Waals surface area contributed by atoms with Crippen molar-refractivity contribution in [3.8, 4) is 0 Å². The molecule has 3 nitrogen and oxygen atoms in total. The van der Waals surface area contributed by atoms with E-state index in [-0.39, 0.29) is 0 Å². The number of anilines is 1. The number of rotatable bonds is 6. The van der Waals surface area contributed by atoms with Crippen LogP contribution in [0.4, 0.5) is 5.13 Å². The molecule has 0 aliphatic heterocycles. The molecule has 0 bridgehead atoms. The summed E-state index contributed by atoms with van der Waals surface area (Å²) in [6, 6.07) is 0. The maximum Gasteiger partial charge on any atom is 0.185 e. The second-order valence-corrected chi connectivity index (χ2v) is 4.72. The van der Waals surface area contributed by atoms with Crippen molar-refractivity contribution in [2.45, 2.75) is 33.2 Å². The summed E-state index contributed by atoms with van der Waals surface area (Å²) in [5, 5.41) is 4.35. The first kappa shape index (κ1) is 12.5. The SMILES string of the molecule is CCCc1nc(N(C)CC)sc1CNC. The largest absolute Gasteiger partial charge is 0.351 e. The zero-order chi connectivity index (χ0) is 11.3. The minimum absolute atomic E-state index is 0.935. The Morgan fingerprint density at radius 2 is 2.13 bits per heavy atom. The number of aryl methyl sites for hydroxylation is 1. The Hall–Kier alpha value is -0.610. The average molecular weight is 227 g/mol. The topological polar surface area (TPSA) is 28.2 Å². The Morgan fingerprint density at radius 1 is 1.40 bits per heavy atom. The Balaban J connectivity index is 2.87. The summed E-state index contributed by atoms with van der Waals surface area (Å²) in [6.45, 7) is 6.30. The summed E-state index contributed by atoms with van der Waals surface area (Å²) in [4.78, 5) is 8.28. The fourth-order valence-electron chi connectivity index (χ4n) is 1.40. The van der Waals surface area contributed by atoms with Gasteiger partial charge in [-0.1, -0.05) is 13.3 Å². The van der Waals surface area contributed by atoms with Crippen LogP contribution in [0, 0.1) is 0 Å². The van der Waals surface area contributed by atoms with E-state index < -0.39 is 0 Å². The van der Waals surface area contributed by atoms with Gasteiger partial charge in [-0.2, -0.15) is 0 Å². The lowest BCUT2D eigenvalue weighted by molar-refractivity contribution is 0.797. The number of nitrogens with zero attached hydrogens (tertiary/aromatic N) is 2. The number of hydrogen-bond acceptors (Lipinski definition) is 4. The van der Waals surface area contributed by atoms with Crippen molar-refractivity contribution in [3.05, 3.63) is 10.6 Å². The highest BCUT2D eigenvalue weighted by Crippen LogP contribution is 2.26. The van der Waals surface area contributed by atoms with Crippen LogP contribution in [0.25, 0.3) is 0 Å². The van der Waals surface area contributed by atoms with Gasteiger partial charge < -0.3 is 10.2 Å². The zero-order valence-corrected chi connectivity index (χ0v) is 10.9. The van der Waals surface area contributed by atoms with E-state index in [1.54, 1.807) is 0 Å². The molecule has 0 atom stereocenters. The predicted octanol–water partition coefficient (Wildman–Crippen LogP) is 2.27. The van der Waals surface area contributed by atoms with Crippen LogP contribution in [-0.2, 0) is 13.0 Å². The van der Waals surface area contributed by atoms with E-state index in [0.717, 1.165) is 31.1 Å². The van der Waals surface area contributed by atoms with E-state index in [1.165, 1.54) is 10.6 Å². The maximum absolute atomic E-state index is 4.69.